The van der Waals surface area contributed by atoms with Crippen molar-refractivity contribution in [2.24, 2.45) is 0 Å². The Labute approximate surface area is 70.8 Å². The fraction of sp³-hybridized carbons (Fsp3) is 0.857. The fourth-order valence-electron chi connectivity index (χ4n) is 1.10. The summed E-state index contributed by atoms with van der Waals surface area (Å²) in [5.74, 6) is 0.705. The van der Waals surface area contributed by atoms with Gasteiger partial charge in [-0.25, -0.2) is 0 Å². The van der Waals surface area contributed by atoms with Crippen LogP contribution in [-0.2, 0) is 4.79 Å². The molecule has 1 saturated heterocycles. The highest BCUT2D eigenvalue weighted by Gasteiger charge is 2.28. The van der Waals surface area contributed by atoms with Crippen molar-refractivity contribution in [1.82, 2.24) is 4.90 Å². The molecule has 0 aromatic carbocycles. The van der Waals surface area contributed by atoms with E-state index >= 15 is 0 Å². The lowest BCUT2D eigenvalue weighted by molar-refractivity contribution is -0.128. The Balaban J connectivity index is 2.48. The number of hydrogen-bond acceptors (Lipinski definition) is 3. The number of rotatable bonds is 2. The Bertz CT molecular complexity index is 161. The largest absolute Gasteiger partial charge is 0.392 e. The van der Waals surface area contributed by atoms with Crippen molar-refractivity contribution in [3.05, 3.63) is 0 Å². The molecular weight excluding hydrogens is 162 g/mol. The van der Waals surface area contributed by atoms with Crippen LogP contribution in [0.3, 0.4) is 0 Å². The molecule has 11 heavy (non-hydrogen) atoms. The van der Waals surface area contributed by atoms with Crippen molar-refractivity contribution in [3.8, 4) is 0 Å². The Morgan fingerprint density at radius 2 is 2.55 bits per heavy atom. The van der Waals surface area contributed by atoms with Gasteiger partial charge in [0.1, 0.15) is 0 Å². The van der Waals surface area contributed by atoms with Gasteiger partial charge < -0.3 is 10.0 Å². The summed E-state index contributed by atoms with van der Waals surface area (Å²) in [4.78, 5) is 12.8. The van der Waals surface area contributed by atoms with E-state index in [0.29, 0.717) is 12.3 Å². The minimum absolute atomic E-state index is 0.142. The van der Waals surface area contributed by atoms with Gasteiger partial charge in [-0.2, -0.15) is 0 Å². The minimum Gasteiger partial charge on any atom is -0.392 e. The van der Waals surface area contributed by atoms with Gasteiger partial charge in [0.25, 0.3) is 0 Å². The number of aliphatic hydroxyl groups excluding tert-OH is 1. The molecule has 0 spiro atoms. The molecule has 1 aliphatic heterocycles. The topological polar surface area (TPSA) is 40.5 Å². The van der Waals surface area contributed by atoms with Crippen LogP contribution in [0.15, 0.2) is 0 Å². The van der Waals surface area contributed by atoms with Crippen molar-refractivity contribution in [3.63, 3.8) is 0 Å². The van der Waals surface area contributed by atoms with E-state index in [4.69, 9.17) is 5.11 Å². The standard InChI is InChI=1S/C7H13NO2S/c1-5(9)3-8-6(2)11-4-7(8)10/h5-6,9H,3-4H2,1-2H3. The second kappa shape index (κ2) is 3.45. The van der Waals surface area contributed by atoms with Crippen molar-refractivity contribution >= 4 is 17.7 Å². The van der Waals surface area contributed by atoms with E-state index in [1.54, 1.807) is 23.6 Å². The van der Waals surface area contributed by atoms with Crippen LogP contribution in [-0.4, -0.2) is 39.7 Å². The number of hydrogen-bond donors (Lipinski definition) is 1. The summed E-state index contributed by atoms with van der Waals surface area (Å²) in [7, 11) is 0. The lowest BCUT2D eigenvalue weighted by Gasteiger charge is -2.21. The first kappa shape index (κ1) is 8.87. The van der Waals surface area contributed by atoms with Crippen LogP contribution in [0.1, 0.15) is 13.8 Å². The summed E-state index contributed by atoms with van der Waals surface area (Å²) >= 11 is 1.62. The van der Waals surface area contributed by atoms with Gasteiger partial charge in [0.15, 0.2) is 0 Å². The highest BCUT2D eigenvalue weighted by Crippen LogP contribution is 2.23. The van der Waals surface area contributed by atoms with Crippen molar-refractivity contribution in [2.45, 2.75) is 25.3 Å². The van der Waals surface area contributed by atoms with E-state index in [-0.39, 0.29) is 11.3 Å². The third-order valence-corrected chi connectivity index (χ3v) is 2.82. The molecule has 0 saturated carbocycles. The second-order valence-electron chi connectivity index (χ2n) is 2.81. The van der Waals surface area contributed by atoms with Crippen LogP contribution in [0.5, 0.6) is 0 Å². The predicted octanol–water partition coefficient (Wildman–Crippen LogP) is 0.289. The summed E-state index contributed by atoms with van der Waals surface area (Å²) in [6, 6.07) is 0. The molecule has 3 nitrogen and oxygen atoms in total. The van der Waals surface area contributed by atoms with Crippen LogP contribution in [0.25, 0.3) is 0 Å². The van der Waals surface area contributed by atoms with Crippen LogP contribution < -0.4 is 0 Å². The smallest absolute Gasteiger partial charge is 0.233 e. The zero-order valence-electron chi connectivity index (χ0n) is 6.78. The van der Waals surface area contributed by atoms with Gasteiger partial charge in [-0.1, -0.05) is 0 Å². The zero-order chi connectivity index (χ0) is 8.43. The lowest BCUT2D eigenvalue weighted by Crippen LogP contribution is -2.36. The van der Waals surface area contributed by atoms with Gasteiger partial charge >= 0.3 is 0 Å². The second-order valence-corrected chi connectivity index (χ2v) is 4.11. The Morgan fingerprint density at radius 3 is 2.91 bits per heavy atom. The Kier molecular flexibility index (Phi) is 2.78. The van der Waals surface area contributed by atoms with Crippen molar-refractivity contribution in [2.75, 3.05) is 12.3 Å². The van der Waals surface area contributed by atoms with Gasteiger partial charge in [0, 0.05) is 6.54 Å². The van der Waals surface area contributed by atoms with Crippen LogP contribution in [0.4, 0.5) is 0 Å². The van der Waals surface area contributed by atoms with E-state index < -0.39 is 6.10 Å². The molecule has 2 unspecified atom stereocenters. The summed E-state index contributed by atoms with van der Waals surface area (Å²) in [6.07, 6.45) is -0.417. The maximum Gasteiger partial charge on any atom is 0.233 e. The number of thioether (sulfide) groups is 1. The van der Waals surface area contributed by atoms with E-state index in [1.165, 1.54) is 0 Å². The average molecular weight is 175 g/mol. The highest BCUT2D eigenvalue weighted by atomic mass is 32.2. The van der Waals surface area contributed by atoms with Gasteiger partial charge in [0.05, 0.1) is 17.2 Å². The molecule has 2 atom stereocenters. The molecule has 0 aromatic heterocycles. The molecule has 64 valence electrons. The molecule has 1 N–H and O–H groups in total. The summed E-state index contributed by atoms with van der Waals surface area (Å²) < 4.78 is 0. The van der Waals surface area contributed by atoms with Gasteiger partial charge in [-0.3, -0.25) is 4.79 Å². The molecule has 0 aromatic rings. The first-order valence-electron chi connectivity index (χ1n) is 3.70. The normalized spacial score (nSPS) is 27.7. The lowest BCUT2D eigenvalue weighted by atomic mass is 10.3. The maximum atomic E-state index is 11.1. The molecule has 1 amide bonds. The van der Waals surface area contributed by atoms with E-state index in [2.05, 4.69) is 0 Å². The molecule has 0 bridgehead atoms. The highest BCUT2D eigenvalue weighted by molar-refractivity contribution is 8.00. The third kappa shape index (κ3) is 2.10. The Morgan fingerprint density at radius 1 is 1.91 bits per heavy atom. The van der Waals surface area contributed by atoms with Crippen LogP contribution in [0.2, 0.25) is 0 Å². The van der Waals surface area contributed by atoms with Gasteiger partial charge in [0.2, 0.25) is 5.91 Å². The molecule has 1 rings (SSSR count). The summed E-state index contributed by atoms with van der Waals surface area (Å²) in [5, 5.41) is 9.28. The summed E-state index contributed by atoms with van der Waals surface area (Å²) in [6.45, 7) is 4.15. The van der Waals surface area contributed by atoms with Crippen molar-refractivity contribution in [1.29, 1.82) is 0 Å². The van der Waals surface area contributed by atoms with Crippen LogP contribution in [0, 0.1) is 0 Å². The average Bonchev–Trinajstić information content (AvgIpc) is 2.18. The first-order valence-corrected chi connectivity index (χ1v) is 4.75. The monoisotopic (exact) mass is 175 g/mol. The summed E-state index contributed by atoms with van der Waals surface area (Å²) in [5.41, 5.74) is 0. The molecular formula is C7H13NO2S. The van der Waals surface area contributed by atoms with Crippen LogP contribution >= 0.6 is 11.8 Å². The predicted molar refractivity (Wildman–Crippen MR) is 45.3 cm³/mol. The molecule has 1 fully saturated rings. The Hall–Kier alpha value is -0.220. The third-order valence-electron chi connectivity index (χ3n) is 1.67. The number of aliphatic hydroxyl groups is 1. The minimum atomic E-state index is -0.417. The van der Waals surface area contributed by atoms with Gasteiger partial charge in [-0.15, -0.1) is 11.8 Å². The quantitative estimate of drug-likeness (QED) is 0.655. The molecule has 4 heteroatoms. The first-order chi connectivity index (χ1) is 5.11. The molecule has 1 heterocycles. The number of amides is 1. The van der Waals surface area contributed by atoms with E-state index in [0.717, 1.165) is 0 Å². The number of carbonyl (C=O) groups is 1. The molecule has 0 radical (unpaired) electrons. The SMILES string of the molecule is CC(O)CN1C(=O)CSC1C. The number of β-amino-alcohol motifs (C(OH)–C–C–N with tert-alkyl or cyclic N) is 1. The molecule has 0 aliphatic carbocycles. The van der Waals surface area contributed by atoms with Crippen molar-refractivity contribution < 1.29 is 9.90 Å². The number of carbonyl (C=O) groups excluding carboxylic acids is 1. The van der Waals surface area contributed by atoms with E-state index in [1.807, 2.05) is 6.92 Å². The zero-order valence-corrected chi connectivity index (χ0v) is 7.60. The number of nitrogens with zero attached hydrogens (tertiary/aromatic N) is 1. The van der Waals surface area contributed by atoms with Gasteiger partial charge in [-0.05, 0) is 13.8 Å². The fourth-order valence-corrected chi connectivity index (χ4v) is 2.04. The van der Waals surface area contributed by atoms with E-state index in [9.17, 15) is 4.79 Å². The molecule has 1 aliphatic rings. The maximum absolute atomic E-state index is 11.1.